The highest BCUT2D eigenvalue weighted by molar-refractivity contribution is 7.89. The second-order valence-electron chi connectivity index (χ2n) is 6.48. The molecule has 2 aromatic carbocycles. The summed E-state index contributed by atoms with van der Waals surface area (Å²) in [5, 5.41) is 4.41. The van der Waals surface area contributed by atoms with E-state index in [2.05, 4.69) is 10.1 Å². The van der Waals surface area contributed by atoms with Crippen LogP contribution in [-0.4, -0.2) is 29.9 Å². The van der Waals surface area contributed by atoms with E-state index in [1.807, 2.05) is 25.1 Å². The Hall–Kier alpha value is -2.22. The molecule has 6 nitrogen and oxygen atoms in total. The van der Waals surface area contributed by atoms with Crippen LogP contribution in [0.5, 0.6) is 0 Å². The molecule has 8 heteroatoms. The number of hydrogen-bond donors (Lipinski definition) is 0. The monoisotopic (exact) mass is 405 g/mol. The molecule has 3 rings (SSSR count). The van der Waals surface area contributed by atoms with Crippen molar-refractivity contribution in [3.63, 3.8) is 0 Å². The first kappa shape index (κ1) is 19.5. The molecule has 1 aromatic heterocycles. The minimum Gasteiger partial charge on any atom is -0.338 e. The first-order valence-electron chi connectivity index (χ1n) is 8.32. The van der Waals surface area contributed by atoms with Crippen LogP contribution in [0.25, 0.3) is 11.4 Å². The minimum absolute atomic E-state index is 0.0352. The SMILES string of the molecule is Cc1cc(C)c(S(=O)(=O)N(C)Cc2nc(-c3ccccc3Cl)no2)c(C)c1. The number of hydrogen-bond acceptors (Lipinski definition) is 5. The lowest BCUT2D eigenvalue weighted by Gasteiger charge is -2.19. The Balaban J connectivity index is 1.88. The molecule has 0 N–H and O–H groups in total. The van der Waals surface area contributed by atoms with Crippen LogP contribution in [0.4, 0.5) is 0 Å². The molecule has 0 bridgehead atoms. The minimum atomic E-state index is -3.70. The lowest BCUT2D eigenvalue weighted by molar-refractivity contribution is 0.336. The van der Waals surface area contributed by atoms with Crippen molar-refractivity contribution in [1.29, 1.82) is 0 Å². The Labute approximate surface area is 163 Å². The molecule has 0 saturated carbocycles. The van der Waals surface area contributed by atoms with Crippen LogP contribution in [0.3, 0.4) is 0 Å². The maximum Gasteiger partial charge on any atom is 0.243 e. The molecular weight excluding hydrogens is 386 g/mol. The van der Waals surface area contributed by atoms with Crippen molar-refractivity contribution in [3.8, 4) is 11.4 Å². The summed E-state index contributed by atoms with van der Waals surface area (Å²) < 4.78 is 32.5. The van der Waals surface area contributed by atoms with Crippen LogP contribution in [0, 0.1) is 20.8 Å². The van der Waals surface area contributed by atoms with E-state index in [1.165, 1.54) is 11.4 Å². The molecular formula is C19H20ClN3O3S. The lowest BCUT2D eigenvalue weighted by Crippen LogP contribution is -2.28. The highest BCUT2D eigenvalue weighted by Gasteiger charge is 2.27. The van der Waals surface area contributed by atoms with E-state index in [-0.39, 0.29) is 12.4 Å². The van der Waals surface area contributed by atoms with Gasteiger partial charge in [-0.25, -0.2) is 8.42 Å². The van der Waals surface area contributed by atoms with Gasteiger partial charge in [0.1, 0.15) is 0 Å². The first-order valence-corrected chi connectivity index (χ1v) is 10.1. The fraction of sp³-hybridized carbons (Fsp3) is 0.263. The normalized spacial score (nSPS) is 11.9. The fourth-order valence-electron chi connectivity index (χ4n) is 3.08. The van der Waals surface area contributed by atoms with Crippen LogP contribution in [-0.2, 0) is 16.6 Å². The Bertz CT molecular complexity index is 1070. The van der Waals surface area contributed by atoms with E-state index in [0.29, 0.717) is 32.4 Å². The van der Waals surface area contributed by atoms with Gasteiger partial charge in [-0.1, -0.05) is 46.6 Å². The molecule has 1 heterocycles. The van der Waals surface area contributed by atoms with Crippen LogP contribution < -0.4 is 0 Å². The van der Waals surface area contributed by atoms with Crippen molar-refractivity contribution < 1.29 is 12.9 Å². The number of sulfonamides is 1. The predicted molar refractivity (Wildman–Crippen MR) is 104 cm³/mol. The topological polar surface area (TPSA) is 76.3 Å². The third-order valence-electron chi connectivity index (χ3n) is 4.21. The van der Waals surface area contributed by atoms with Gasteiger partial charge >= 0.3 is 0 Å². The number of aryl methyl sites for hydroxylation is 3. The van der Waals surface area contributed by atoms with Gasteiger partial charge in [-0.3, -0.25) is 0 Å². The predicted octanol–water partition coefficient (Wildman–Crippen LogP) is 4.14. The van der Waals surface area contributed by atoms with Crippen LogP contribution >= 0.6 is 11.6 Å². The van der Waals surface area contributed by atoms with Crippen LogP contribution in [0.1, 0.15) is 22.6 Å². The van der Waals surface area contributed by atoms with Crippen molar-refractivity contribution >= 4 is 21.6 Å². The summed E-state index contributed by atoms with van der Waals surface area (Å²) in [5.41, 5.74) is 3.07. The molecule has 0 unspecified atom stereocenters. The van der Waals surface area contributed by atoms with Gasteiger partial charge in [-0.05, 0) is 44.0 Å². The van der Waals surface area contributed by atoms with Gasteiger partial charge in [0.2, 0.25) is 21.7 Å². The summed E-state index contributed by atoms with van der Waals surface area (Å²) in [7, 11) is -2.21. The van der Waals surface area contributed by atoms with E-state index in [4.69, 9.17) is 16.1 Å². The van der Waals surface area contributed by atoms with Crippen molar-refractivity contribution in [1.82, 2.24) is 14.4 Å². The number of halogens is 1. The van der Waals surface area contributed by atoms with Gasteiger partial charge in [-0.15, -0.1) is 0 Å². The third kappa shape index (κ3) is 3.90. The Morgan fingerprint density at radius 3 is 2.37 bits per heavy atom. The molecule has 0 saturated heterocycles. The number of rotatable bonds is 5. The summed E-state index contributed by atoms with van der Waals surface area (Å²) >= 11 is 6.15. The summed E-state index contributed by atoms with van der Waals surface area (Å²) in [6.07, 6.45) is 0. The van der Waals surface area contributed by atoms with Crippen LogP contribution in [0.2, 0.25) is 5.02 Å². The third-order valence-corrected chi connectivity index (χ3v) is 6.65. The highest BCUT2D eigenvalue weighted by atomic mass is 35.5. The maximum atomic E-state index is 13.0. The molecule has 142 valence electrons. The lowest BCUT2D eigenvalue weighted by atomic mass is 10.1. The Kier molecular flexibility index (Phi) is 5.37. The number of nitrogens with zero attached hydrogens (tertiary/aromatic N) is 3. The molecule has 0 fully saturated rings. The van der Waals surface area contributed by atoms with E-state index in [0.717, 1.165) is 5.56 Å². The molecule has 0 aliphatic carbocycles. The Morgan fingerprint density at radius 1 is 1.11 bits per heavy atom. The zero-order valence-electron chi connectivity index (χ0n) is 15.5. The second-order valence-corrected chi connectivity index (χ2v) is 8.87. The summed E-state index contributed by atoms with van der Waals surface area (Å²) in [6, 6.07) is 10.8. The van der Waals surface area contributed by atoms with Crippen molar-refractivity contribution in [2.45, 2.75) is 32.2 Å². The van der Waals surface area contributed by atoms with Gasteiger partial charge < -0.3 is 4.52 Å². The second kappa shape index (κ2) is 7.42. The van der Waals surface area contributed by atoms with E-state index < -0.39 is 10.0 Å². The smallest absolute Gasteiger partial charge is 0.243 e. The van der Waals surface area contributed by atoms with Crippen LogP contribution in [0.15, 0.2) is 45.8 Å². The van der Waals surface area contributed by atoms with Crippen molar-refractivity contribution in [2.75, 3.05) is 7.05 Å². The molecule has 27 heavy (non-hydrogen) atoms. The molecule has 0 spiro atoms. The quantitative estimate of drug-likeness (QED) is 0.637. The zero-order chi connectivity index (χ0) is 19.8. The van der Waals surface area contributed by atoms with Gasteiger partial charge in [0.25, 0.3) is 0 Å². The number of aromatic nitrogens is 2. The van der Waals surface area contributed by atoms with Crippen molar-refractivity contribution in [2.24, 2.45) is 0 Å². The summed E-state index contributed by atoms with van der Waals surface area (Å²) in [5.74, 6) is 0.516. The standard InChI is InChI=1S/C19H20ClN3O3S/c1-12-9-13(2)18(14(3)10-12)27(24,25)23(4)11-17-21-19(22-26-17)15-7-5-6-8-16(15)20/h5-10H,11H2,1-4H3. The van der Waals surface area contributed by atoms with E-state index >= 15 is 0 Å². The van der Waals surface area contributed by atoms with Crippen molar-refractivity contribution in [3.05, 3.63) is 64.0 Å². The van der Waals surface area contributed by atoms with E-state index in [1.54, 1.807) is 32.0 Å². The molecule has 3 aromatic rings. The van der Waals surface area contributed by atoms with Gasteiger partial charge in [0, 0.05) is 12.6 Å². The molecule has 0 aliphatic heterocycles. The zero-order valence-corrected chi connectivity index (χ0v) is 17.1. The largest absolute Gasteiger partial charge is 0.338 e. The first-order chi connectivity index (χ1) is 12.7. The molecule has 0 aliphatic rings. The summed E-state index contributed by atoms with van der Waals surface area (Å²) in [6.45, 7) is 5.49. The number of benzene rings is 2. The molecule has 0 amide bonds. The highest BCUT2D eigenvalue weighted by Crippen LogP contribution is 2.27. The van der Waals surface area contributed by atoms with Gasteiger partial charge in [0.15, 0.2) is 0 Å². The van der Waals surface area contributed by atoms with Gasteiger partial charge in [0.05, 0.1) is 16.5 Å². The fourth-order valence-corrected chi connectivity index (χ4v) is 4.82. The average molecular weight is 406 g/mol. The average Bonchev–Trinajstić information content (AvgIpc) is 3.02. The van der Waals surface area contributed by atoms with Gasteiger partial charge in [-0.2, -0.15) is 9.29 Å². The Morgan fingerprint density at radius 2 is 1.74 bits per heavy atom. The maximum absolute atomic E-state index is 13.0. The molecule has 0 atom stereocenters. The van der Waals surface area contributed by atoms with E-state index in [9.17, 15) is 8.42 Å². The summed E-state index contributed by atoms with van der Waals surface area (Å²) in [4.78, 5) is 4.59. The molecule has 0 radical (unpaired) electrons.